The zero-order valence-electron chi connectivity index (χ0n) is 11.3. The van der Waals surface area contributed by atoms with E-state index in [0.717, 1.165) is 4.31 Å². The minimum atomic E-state index is -3.83. The van der Waals surface area contributed by atoms with Crippen molar-refractivity contribution in [2.75, 3.05) is 11.4 Å². The topological polar surface area (TPSA) is 37.4 Å². The van der Waals surface area contributed by atoms with Gasteiger partial charge in [-0.3, -0.25) is 4.31 Å². The molecule has 0 saturated carbocycles. The van der Waals surface area contributed by atoms with Gasteiger partial charge in [-0.25, -0.2) is 8.42 Å². The predicted molar refractivity (Wildman–Crippen MR) is 88.2 cm³/mol. The van der Waals surface area contributed by atoms with E-state index < -0.39 is 10.0 Å². The summed E-state index contributed by atoms with van der Waals surface area (Å²) in [5.41, 5.74) is 1.15. The van der Waals surface area contributed by atoms with Crippen LogP contribution in [-0.2, 0) is 10.0 Å². The standard InChI is InChI=1S/C14H12Cl3NO2S/c1-9-11(16)4-3-5-13(9)18(2)21(19,20)14-8-10(15)6-7-12(14)17/h3-8H,1-2H3. The van der Waals surface area contributed by atoms with E-state index >= 15 is 0 Å². The highest BCUT2D eigenvalue weighted by Crippen LogP contribution is 2.32. The lowest BCUT2D eigenvalue weighted by molar-refractivity contribution is 0.594. The van der Waals surface area contributed by atoms with Gasteiger partial charge in [0.2, 0.25) is 0 Å². The van der Waals surface area contributed by atoms with E-state index in [9.17, 15) is 8.42 Å². The van der Waals surface area contributed by atoms with E-state index in [-0.39, 0.29) is 9.92 Å². The van der Waals surface area contributed by atoms with Crippen LogP contribution in [0, 0.1) is 6.92 Å². The minimum absolute atomic E-state index is 0.0430. The van der Waals surface area contributed by atoms with Crippen LogP contribution in [0.2, 0.25) is 15.1 Å². The first-order chi connectivity index (χ1) is 9.75. The van der Waals surface area contributed by atoms with Crippen molar-refractivity contribution in [1.82, 2.24) is 0 Å². The smallest absolute Gasteiger partial charge is 0.265 e. The maximum Gasteiger partial charge on any atom is 0.265 e. The fraction of sp³-hybridized carbons (Fsp3) is 0.143. The molecular weight excluding hydrogens is 353 g/mol. The van der Waals surface area contributed by atoms with E-state index in [2.05, 4.69) is 0 Å². The Labute approximate surface area is 139 Å². The molecule has 21 heavy (non-hydrogen) atoms. The molecule has 0 bridgehead atoms. The fourth-order valence-corrected chi connectivity index (χ4v) is 4.05. The summed E-state index contributed by atoms with van der Waals surface area (Å²) in [6.45, 7) is 1.75. The van der Waals surface area contributed by atoms with E-state index in [4.69, 9.17) is 34.8 Å². The molecule has 0 unspecified atom stereocenters. The van der Waals surface area contributed by atoms with Crippen molar-refractivity contribution in [2.24, 2.45) is 0 Å². The molecule has 2 aromatic carbocycles. The lowest BCUT2D eigenvalue weighted by Crippen LogP contribution is -2.27. The summed E-state index contributed by atoms with van der Waals surface area (Å²) in [5, 5.41) is 0.909. The molecule has 0 spiro atoms. The molecule has 3 nitrogen and oxygen atoms in total. The molecule has 0 aliphatic carbocycles. The molecule has 2 rings (SSSR count). The highest BCUT2D eigenvalue weighted by atomic mass is 35.5. The summed E-state index contributed by atoms with van der Waals surface area (Å²) in [4.78, 5) is -0.0430. The van der Waals surface area contributed by atoms with E-state index in [0.29, 0.717) is 21.3 Å². The molecule has 0 aliphatic heterocycles. The van der Waals surface area contributed by atoms with Crippen LogP contribution in [-0.4, -0.2) is 15.5 Å². The van der Waals surface area contributed by atoms with Crippen LogP contribution >= 0.6 is 34.8 Å². The molecule has 0 aliphatic rings. The summed E-state index contributed by atoms with van der Waals surface area (Å²) in [7, 11) is -2.38. The Morgan fingerprint density at radius 3 is 2.33 bits per heavy atom. The molecule has 0 heterocycles. The van der Waals surface area contributed by atoms with Gasteiger partial charge in [0.1, 0.15) is 4.90 Å². The first kappa shape index (κ1) is 16.4. The molecule has 0 saturated heterocycles. The summed E-state index contributed by atoms with van der Waals surface area (Å²) in [6.07, 6.45) is 0. The van der Waals surface area contributed by atoms with Gasteiger partial charge < -0.3 is 0 Å². The number of rotatable bonds is 3. The summed E-state index contributed by atoms with van der Waals surface area (Å²) in [5.74, 6) is 0. The molecule has 0 aromatic heterocycles. The fourth-order valence-electron chi connectivity index (χ4n) is 1.89. The van der Waals surface area contributed by atoms with Crippen molar-refractivity contribution in [3.05, 3.63) is 57.0 Å². The normalized spacial score (nSPS) is 11.5. The van der Waals surface area contributed by atoms with Crippen LogP contribution in [0.1, 0.15) is 5.56 Å². The molecule has 0 atom stereocenters. The lowest BCUT2D eigenvalue weighted by atomic mass is 10.2. The van der Waals surface area contributed by atoms with E-state index in [1.165, 1.54) is 25.2 Å². The molecule has 0 N–H and O–H groups in total. The van der Waals surface area contributed by atoms with Crippen LogP contribution in [0.4, 0.5) is 5.69 Å². The van der Waals surface area contributed by atoms with Crippen LogP contribution in [0.5, 0.6) is 0 Å². The lowest BCUT2D eigenvalue weighted by Gasteiger charge is -2.22. The second kappa shape index (κ2) is 6.05. The molecule has 2 aromatic rings. The molecule has 0 radical (unpaired) electrons. The van der Waals surface area contributed by atoms with Gasteiger partial charge in [0, 0.05) is 17.1 Å². The number of hydrogen-bond acceptors (Lipinski definition) is 2. The van der Waals surface area contributed by atoms with Gasteiger partial charge in [-0.1, -0.05) is 40.9 Å². The SMILES string of the molecule is Cc1c(Cl)cccc1N(C)S(=O)(=O)c1cc(Cl)ccc1Cl. The Morgan fingerprint density at radius 2 is 1.67 bits per heavy atom. The number of nitrogens with zero attached hydrogens (tertiary/aromatic N) is 1. The average molecular weight is 365 g/mol. The number of sulfonamides is 1. The molecule has 7 heteroatoms. The van der Waals surface area contributed by atoms with Gasteiger partial charge in [0.25, 0.3) is 10.0 Å². The van der Waals surface area contributed by atoms with Crippen molar-refractivity contribution < 1.29 is 8.42 Å². The molecule has 0 amide bonds. The molecular formula is C14H12Cl3NO2S. The number of hydrogen-bond donors (Lipinski definition) is 0. The Bertz CT molecular complexity index is 791. The number of anilines is 1. The van der Waals surface area contributed by atoms with Crippen LogP contribution in [0.25, 0.3) is 0 Å². The van der Waals surface area contributed by atoms with Gasteiger partial charge >= 0.3 is 0 Å². The van der Waals surface area contributed by atoms with Crippen LogP contribution < -0.4 is 4.31 Å². The highest BCUT2D eigenvalue weighted by Gasteiger charge is 2.25. The number of benzene rings is 2. The zero-order chi connectivity index (χ0) is 15.8. The van der Waals surface area contributed by atoms with Crippen molar-refractivity contribution >= 4 is 50.5 Å². The second-order valence-electron chi connectivity index (χ2n) is 4.43. The predicted octanol–water partition coefficient (Wildman–Crippen LogP) is 4.78. The largest absolute Gasteiger partial charge is 0.269 e. The summed E-state index contributed by atoms with van der Waals surface area (Å²) >= 11 is 17.9. The van der Waals surface area contributed by atoms with Crippen LogP contribution in [0.15, 0.2) is 41.3 Å². The average Bonchev–Trinajstić information content (AvgIpc) is 2.43. The monoisotopic (exact) mass is 363 g/mol. The maximum absolute atomic E-state index is 12.7. The highest BCUT2D eigenvalue weighted by molar-refractivity contribution is 7.93. The van der Waals surface area contributed by atoms with Gasteiger partial charge in [0.05, 0.1) is 10.7 Å². The van der Waals surface area contributed by atoms with Crippen molar-refractivity contribution in [3.63, 3.8) is 0 Å². The van der Waals surface area contributed by atoms with E-state index in [1.54, 1.807) is 25.1 Å². The third-order valence-corrected chi connectivity index (χ3v) is 6.01. The third kappa shape index (κ3) is 3.14. The Balaban J connectivity index is 2.58. The zero-order valence-corrected chi connectivity index (χ0v) is 14.4. The third-order valence-electron chi connectivity index (χ3n) is 3.11. The Morgan fingerprint density at radius 1 is 1.00 bits per heavy atom. The molecule has 112 valence electrons. The summed E-state index contributed by atoms with van der Waals surface area (Å²) in [6, 6.07) is 9.39. The van der Waals surface area contributed by atoms with Gasteiger partial charge in [-0.05, 0) is 42.8 Å². The van der Waals surface area contributed by atoms with Crippen molar-refractivity contribution in [2.45, 2.75) is 11.8 Å². The van der Waals surface area contributed by atoms with Crippen LogP contribution in [0.3, 0.4) is 0 Å². The first-order valence-corrected chi connectivity index (χ1v) is 8.51. The number of halogens is 3. The Hall–Kier alpha value is -0.940. The molecule has 0 fully saturated rings. The van der Waals surface area contributed by atoms with Gasteiger partial charge in [0.15, 0.2) is 0 Å². The second-order valence-corrected chi connectivity index (χ2v) is 7.62. The van der Waals surface area contributed by atoms with Gasteiger partial charge in [-0.2, -0.15) is 0 Å². The first-order valence-electron chi connectivity index (χ1n) is 5.94. The minimum Gasteiger partial charge on any atom is -0.269 e. The Kier molecular flexibility index (Phi) is 4.73. The van der Waals surface area contributed by atoms with Crippen molar-refractivity contribution in [1.29, 1.82) is 0 Å². The van der Waals surface area contributed by atoms with E-state index in [1.807, 2.05) is 0 Å². The summed E-state index contributed by atoms with van der Waals surface area (Å²) < 4.78 is 26.6. The van der Waals surface area contributed by atoms with Crippen molar-refractivity contribution in [3.8, 4) is 0 Å². The maximum atomic E-state index is 12.7. The quantitative estimate of drug-likeness (QED) is 0.786. The van der Waals surface area contributed by atoms with Gasteiger partial charge in [-0.15, -0.1) is 0 Å².